The van der Waals surface area contributed by atoms with Gasteiger partial charge in [-0.2, -0.15) is 0 Å². The number of aliphatic hydroxyl groups is 1. The molecule has 0 radical (unpaired) electrons. The standard InChI is InChI=1S/C25H35FO5Si/c1-24(2,3)32(5,6)31-22-21(17-29-16-18-11-8-7-9-12-18)30-25(27,23(22)28-4)19-13-10-14-20(26)15-19/h7-15,21-23,27H,16-17H2,1-6H3/t21?,22?,23?,25-/m1/s1. The molecule has 1 aliphatic rings. The number of hydrogen-bond donors (Lipinski definition) is 1. The van der Waals surface area contributed by atoms with Crippen LogP contribution in [0.4, 0.5) is 4.39 Å². The average molecular weight is 463 g/mol. The van der Waals surface area contributed by atoms with Crippen molar-refractivity contribution in [3.63, 3.8) is 0 Å². The fraction of sp³-hybridized carbons (Fsp3) is 0.520. The van der Waals surface area contributed by atoms with Gasteiger partial charge in [0, 0.05) is 12.7 Å². The van der Waals surface area contributed by atoms with Crippen molar-refractivity contribution in [1.82, 2.24) is 0 Å². The average Bonchev–Trinajstić information content (AvgIpc) is 2.99. The molecule has 0 amide bonds. The van der Waals surface area contributed by atoms with Gasteiger partial charge in [-0.15, -0.1) is 0 Å². The predicted molar refractivity (Wildman–Crippen MR) is 124 cm³/mol. The molecule has 0 saturated carbocycles. The van der Waals surface area contributed by atoms with Crippen LogP contribution >= 0.6 is 0 Å². The zero-order valence-electron chi connectivity index (χ0n) is 19.8. The van der Waals surface area contributed by atoms with E-state index in [9.17, 15) is 9.50 Å². The maximum absolute atomic E-state index is 14.0. The summed E-state index contributed by atoms with van der Waals surface area (Å²) in [5, 5.41) is 11.5. The van der Waals surface area contributed by atoms with Gasteiger partial charge in [0.1, 0.15) is 24.1 Å². The number of hydrogen-bond acceptors (Lipinski definition) is 5. The first-order valence-electron chi connectivity index (χ1n) is 11.0. The summed E-state index contributed by atoms with van der Waals surface area (Å²) in [6.45, 7) is 11.3. The topological polar surface area (TPSA) is 57.2 Å². The SMILES string of the molecule is COC1C(O[Si](C)(C)C(C)(C)C)C(COCc2ccccc2)O[C@]1(O)c1cccc(F)c1. The zero-order valence-corrected chi connectivity index (χ0v) is 20.8. The molecule has 1 fully saturated rings. The van der Waals surface area contributed by atoms with Gasteiger partial charge < -0.3 is 23.7 Å². The maximum atomic E-state index is 14.0. The molecule has 1 heterocycles. The number of rotatable bonds is 8. The third kappa shape index (κ3) is 5.30. The van der Waals surface area contributed by atoms with Crippen molar-refractivity contribution in [3.05, 3.63) is 71.5 Å². The molecule has 4 atom stereocenters. The molecule has 176 valence electrons. The van der Waals surface area contributed by atoms with Gasteiger partial charge in [0.25, 0.3) is 0 Å². The number of halogens is 1. The van der Waals surface area contributed by atoms with Gasteiger partial charge in [-0.25, -0.2) is 4.39 Å². The lowest BCUT2D eigenvalue weighted by Gasteiger charge is -2.40. The highest BCUT2D eigenvalue weighted by atomic mass is 28.4. The van der Waals surface area contributed by atoms with Crippen LogP contribution in [0, 0.1) is 5.82 Å². The third-order valence-corrected chi connectivity index (χ3v) is 11.0. The Morgan fingerprint density at radius 2 is 1.78 bits per heavy atom. The maximum Gasteiger partial charge on any atom is 0.222 e. The van der Waals surface area contributed by atoms with E-state index in [0.29, 0.717) is 12.2 Å². The molecule has 7 heteroatoms. The van der Waals surface area contributed by atoms with Gasteiger partial charge in [-0.05, 0) is 35.8 Å². The van der Waals surface area contributed by atoms with Crippen molar-refractivity contribution in [3.8, 4) is 0 Å². The molecule has 0 aromatic heterocycles. The lowest BCUT2D eigenvalue weighted by molar-refractivity contribution is -0.246. The van der Waals surface area contributed by atoms with Crippen molar-refractivity contribution in [2.45, 2.75) is 69.6 Å². The van der Waals surface area contributed by atoms with E-state index >= 15 is 0 Å². The van der Waals surface area contributed by atoms with Gasteiger partial charge in [-0.3, -0.25) is 0 Å². The van der Waals surface area contributed by atoms with Crippen LogP contribution in [0.3, 0.4) is 0 Å². The molecule has 0 aliphatic carbocycles. The van der Waals surface area contributed by atoms with Gasteiger partial charge in [-0.1, -0.05) is 63.2 Å². The molecule has 3 rings (SSSR count). The van der Waals surface area contributed by atoms with Crippen LogP contribution in [0.5, 0.6) is 0 Å². The molecule has 2 aromatic rings. The Balaban J connectivity index is 1.88. The fourth-order valence-electron chi connectivity index (χ4n) is 3.67. The largest absolute Gasteiger partial charge is 0.408 e. The first-order chi connectivity index (χ1) is 15.0. The minimum atomic E-state index is -2.25. The van der Waals surface area contributed by atoms with Crippen molar-refractivity contribution >= 4 is 8.32 Å². The summed E-state index contributed by atoms with van der Waals surface area (Å²) in [6, 6.07) is 15.6. The van der Waals surface area contributed by atoms with Crippen LogP contribution in [0.15, 0.2) is 54.6 Å². The molecule has 1 N–H and O–H groups in total. The summed E-state index contributed by atoms with van der Waals surface area (Å²) in [4.78, 5) is 0. The number of benzene rings is 2. The smallest absolute Gasteiger partial charge is 0.222 e. The van der Waals surface area contributed by atoms with Crippen molar-refractivity contribution in [1.29, 1.82) is 0 Å². The van der Waals surface area contributed by atoms with Crippen molar-refractivity contribution in [2.75, 3.05) is 13.7 Å². The van der Waals surface area contributed by atoms with Crippen LogP contribution in [-0.4, -0.2) is 45.5 Å². The highest BCUT2D eigenvalue weighted by Gasteiger charge is 2.58. The summed E-state index contributed by atoms with van der Waals surface area (Å²) in [5.41, 5.74) is 1.33. The van der Waals surface area contributed by atoms with Crippen molar-refractivity contribution < 1.29 is 28.1 Å². The normalized spacial score (nSPS) is 26.4. The molecule has 1 aliphatic heterocycles. The molecule has 0 spiro atoms. The molecule has 3 unspecified atom stereocenters. The van der Waals surface area contributed by atoms with E-state index < -0.39 is 38.2 Å². The van der Waals surface area contributed by atoms with E-state index in [4.69, 9.17) is 18.6 Å². The highest BCUT2D eigenvalue weighted by Crippen LogP contribution is 2.45. The molecule has 32 heavy (non-hydrogen) atoms. The molecular formula is C25H35FO5Si. The quantitative estimate of drug-likeness (QED) is 0.560. The second-order valence-electron chi connectivity index (χ2n) is 9.86. The number of ether oxygens (including phenoxy) is 3. The lowest BCUT2D eigenvalue weighted by atomic mass is 9.97. The van der Waals surface area contributed by atoms with E-state index in [1.807, 2.05) is 30.3 Å². The Bertz CT molecular complexity index is 885. The second-order valence-corrected chi connectivity index (χ2v) is 14.6. The van der Waals surface area contributed by atoms with E-state index in [-0.39, 0.29) is 11.6 Å². The Morgan fingerprint density at radius 3 is 2.38 bits per heavy atom. The third-order valence-electron chi connectivity index (χ3n) is 6.50. The first-order valence-corrected chi connectivity index (χ1v) is 13.9. The van der Waals surface area contributed by atoms with Crippen LogP contribution in [0.1, 0.15) is 31.9 Å². The summed E-state index contributed by atoms with van der Waals surface area (Å²) in [7, 11) is -0.741. The molecule has 5 nitrogen and oxygen atoms in total. The Hall–Kier alpha value is -1.61. The first kappa shape index (κ1) is 25.0. The minimum absolute atomic E-state index is 0.0553. The van der Waals surface area contributed by atoms with E-state index in [2.05, 4.69) is 33.9 Å². The Morgan fingerprint density at radius 1 is 1.09 bits per heavy atom. The van der Waals surface area contributed by atoms with E-state index in [0.717, 1.165) is 5.56 Å². The summed E-state index contributed by atoms with van der Waals surface area (Å²) >= 11 is 0. The lowest BCUT2D eigenvalue weighted by Crippen LogP contribution is -2.51. The monoisotopic (exact) mass is 462 g/mol. The van der Waals surface area contributed by atoms with Crippen LogP contribution < -0.4 is 0 Å². The second kappa shape index (κ2) is 9.71. The van der Waals surface area contributed by atoms with Gasteiger partial charge in [0.2, 0.25) is 5.79 Å². The summed E-state index contributed by atoms with van der Waals surface area (Å²) in [6.07, 6.45) is -2.01. The van der Waals surface area contributed by atoms with Crippen LogP contribution in [-0.2, 0) is 31.0 Å². The molecule has 2 aromatic carbocycles. The van der Waals surface area contributed by atoms with Crippen molar-refractivity contribution in [2.24, 2.45) is 0 Å². The van der Waals surface area contributed by atoms with Crippen LogP contribution in [0.2, 0.25) is 18.1 Å². The van der Waals surface area contributed by atoms with Gasteiger partial charge in [0.05, 0.1) is 13.2 Å². The van der Waals surface area contributed by atoms with E-state index in [1.165, 1.54) is 19.2 Å². The summed E-state index contributed by atoms with van der Waals surface area (Å²) in [5.74, 6) is -2.31. The van der Waals surface area contributed by atoms with Gasteiger partial charge >= 0.3 is 0 Å². The molecule has 1 saturated heterocycles. The van der Waals surface area contributed by atoms with Crippen LogP contribution in [0.25, 0.3) is 0 Å². The fourth-order valence-corrected chi connectivity index (χ4v) is 4.98. The highest BCUT2D eigenvalue weighted by molar-refractivity contribution is 6.74. The Kier molecular flexibility index (Phi) is 7.59. The molecule has 0 bridgehead atoms. The minimum Gasteiger partial charge on any atom is -0.408 e. The molecular weight excluding hydrogens is 427 g/mol. The van der Waals surface area contributed by atoms with E-state index in [1.54, 1.807) is 12.1 Å². The van der Waals surface area contributed by atoms with Gasteiger partial charge in [0.15, 0.2) is 8.32 Å². The predicted octanol–water partition coefficient (Wildman–Crippen LogP) is 4.99. The number of methoxy groups -OCH3 is 1. The Labute approximate surface area is 191 Å². The zero-order chi connectivity index (χ0) is 23.6. The summed E-state index contributed by atoms with van der Waals surface area (Å²) < 4.78 is 38.5.